The van der Waals surface area contributed by atoms with Crippen molar-refractivity contribution in [1.82, 2.24) is 4.98 Å². The fourth-order valence-corrected chi connectivity index (χ4v) is 6.27. The third-order valence-electron chi connectivity index (χ3n) is 7.02. The van der Waals surface area contributed by atoms with Crippen molar-refractivity contribution >= 4 is 43.4 Å². The summed E-state index contributed by atoms with van der Waals surface area (Å²) in [5.41, 5.74) is 10.2. The van der Waals surface area contributed by atoms with Crippen LogP contribution in [0.2, 0.25) is 0 Å². The fourth-order valence-electron chi connectivity index (χ4n) is 5.34. The Hall–Kier alpha value is -3.43. The Kier molecular flexibility index (Phi) is 4.91. The highest BCUT2D eigenvalue weighted by atomic mass is 32.1. The van der Waals surface area contributed by atoms with Gasteiger partial charge in [-0.3, -0.25) is 4.98 Å². The predicted molar refractivity (Wildman–Crippen MR) is 151 cm³/mol. The first-order chi connectivity index (χ1) is 16.7. The summed E-state index contributed by atoms with van der Waals surface area (Å²) >= 11 is 1.81. The number of hydrogen-bond acceptors (Lipinski definition) is 3. The normalized spacial score (nSPS) is 12.3. The summed E-state index contributed by atoms with van der Waals surface area (Å²) in [6.45, 7) is 13.3. The Labute approximate surface area is 210 Å². The minimum Gasteiger partial charge on any atom is -0.455 e. The Morgan fingerprint density at radius 1 is 0.743 bits per heavy atom. The molecule has 0 fully saturated rings. The van der Waals surface area contributed by atoms with Crippen LogP contribution in [0, 0.1) is 20.8 Å². The SMILES string of the molecule is Cc1cc2c(ccc3c4cccc(-c5cc(-c6c(C)cccc6C)c(C(C)(C)C)cn5)c4oc23)s1. The maximum Gasteiger partial charge on any atom is 0.144 e. The second kappa shape index (κ2) is 7.79. The first kappa shape index (κ1) is 22.1. The van der Waals surface area contributed by atoms with Crippen molar-refractivity contribution in [2.75, 3.05) is 0 Å². The summed E-state index contributed by atoms with van der Waals surface area (Å²) in [5, 5.41) is 3.49. The molecule has 2 nitrogen and oxygen atoms in total. The van der Waals surface area contributed by atoms with Gasteiger partial charge in [0.2, 0.25) is 0 Å². The van der Waals surface area contributed by atoms with E-state index in [1.807, 2.05) is 11.3 Å². The molecule has 0 unspecified atom stereocenters. The Morgan fingerprint density at radius 3 is 2.20 bits per heavy atom. The van der Waals surface area contributed by atoms with Gasteiger partial charge in [-0.2, -0.15) is 0 Å². The van der Waals surface area contributed by atoms with Crippen LogP contribution in [0.1, 0.15) is 42.3 Å². The van der Waals surface area contributed by atoms with Crippen molar-refractivity contribution in [2.24, 2.45) is 0 Å². The van der Waals surface area contributed by atoms with Crippen LogP contribution in [0.15, 0.2) is 71.3 Å². The van der Waals surface area contributed by atoms with Crippen LogP contribution in [0.4, 0.5) is 0 Å². The van der Waals surface area contributed by atoms with Gasteiger partial charge in [-0.25, -0.2) is 0 Å². The van der Waals surface area contributed by atoms with Crippen LogP contribution in [0.3, 0.4) is 0 Å². The van der Waals surface area contributed by atoms with Crippen LogP contribution in [0.25, 0.3) is 54.4 Å². The highest BCUT2D eigenvalue weighted by Crippen LogP contribution is 2.42. The summed E-state index contributed by atoms with van der Waals surface area (Å²) in [4.78, 5) is 6.29. The van der Waals surface area contributed by atoms with E-state index >= 15 is 0 Å². The lowest BCUT2D eigenvalue weighted by molar-refractivity contribution is 0.589. The van der Waals surface area contributed by atoms with Crippen molar-refractivity contribution in [3.05, 3.63) is 88.4 Å². The number of nitrogens with zero attached hydrogens (tertiary/aromatic N) is 1. The van der Waals surface area contributed by atoms with Gasteiger partial charge in [0, 0.05) is 37.5 Å². The highest BCUT2D eigenvalue weighted by molar-refractivity contribution is 7.19. The molecule has 0 aliphatic rings. The molecular formula is C32H29NOS. The van der Waals surface area contributed by atoms with Gasteiger partial charge in [0.1, 0.15) is 11.2 Å². The molecule has 0 aliphatic carbocycles. The quantitative estimate of drug-likeness (QED) is 0.249. The highest BCUT2D eigenvalue weighted by Gasteiger charge is 2.23. The summed E-state index contributed by atoms with van der Waals surface area (Å²) < 4.78 is 7.89. The molecule has 3 heteroatoms. The van der Waals surface area contributed by atoms with Crippen LogP contribution in [-0.2, 0) is 5.41 Å². The minimum atomic E-state index is -0.0244. The lowest BCUT2D eigenvalue weighted by Gasteiger charge is -2.25. The lowest BCUT2D eigenvalue weighted by Crippen LogP contribution is -2.14. The smallest absolute Gasteiger partial charge is 0.144 e. The van der Waals surface area contributed by atoms with E-state index in [9.17, 15) is 0 Å². The zero-order valence-corrected chi connectivity index (χ0v) is 21.9. The molecular weight excluding hydrogens is 446 g/mol. The van der Waals surface area contributed by atoms with Gasteiger partial charge >= 0.3 is 0 Å². The van der Waals surface area contributed by atoms with Crippen LogP contribution in [0.5, 0.6) is 0 Å². The van der Waals surface area contributed by atoms with E-state index < -0.39 is 0 Å². The molecule has 0 saturated heterocycles. The molecule has 3 aromatic heterocycles. The van der Waals surface area contributed by atoms with Crippen molar-refractivity contribution in [3.63, 3.8) is 0 Å². The van der Waals surface area contributed by atoms with E-state index in [1.165, 1.54) is 42.8 Å². The van der Waals surface area contributed by atoms with Gasteiger partial charge < -0.3 is 4.42 Å². The zero-order valence-electron chi connectivity index (χ0n) is 21.1. The summed E-state index contributed by atoms with van der Waals surface area (Å²) in [7, 11) is 0. The monoisotopic (exact) mass is 475 g/mol. The summed E-state index contributed by atoms with van der Waals surface area (Å²) in [5.74, 6) is 0. The number of aromatic nitrogens is 1. The fraction of sp³-hybridized carbons (Fsp3) is 0.219. The maximum absolute atomic E-state index is 6.62. The molecule has 3 aromatic carbocycles. The molecule has 174 valence electrons. The van der Waals surface area contributed by atoms with Crippen molar-refractivity contribution in [2.45, 2.75) is 47.0 Å². The Morgan fingerprint density at radius 2 is 1.46 bits per heavy atom. The van der Waals surface area contributed by atoms with Gasteiger partial charge in [-0.15, -0.1) is 11.3 Å². The first-order valence-corrected chi connectivity index (χ1v) is 13.0. The number of benzene rings is 3. The van der Waals surface area contributed by atoms with Crippen molar-refractivity contribution in [1.29, 1.82) is 0 Å². The molecule has 0 atom stereocenters. The van der Waals surface area contributed by atoms with Crippen molar-refractivity contribution in [3.8, 4) is 22.4 Å². The number of para-hydroxylation sites is 1. The summed E-state index contributed by atoms with van der Waals surface area (Å²) in [6, 6.07) is 21.9. The average Bonchev–Trinajstić information content (AvgIpc) is 3.37. The number of furan rings is 1. The van der Waals surface area contributed by atoms with E-state index in [-0.39, 0.29) is 5.41 Å². The Balaban J connectivity index is 1.65. The number of pyridine rings is 1. The van der Waals surface area contributed by atoms with Gasteiger partial charge in [0.25, 0.3) is 0 Å². The number of aryl methyl sites for hydroxylation is 3. The minimum absolute atomic E-state index is 0.0244. The second-order valence-electron chi connectivity index (χ2n) is 10.6. The second-order valence-corrected chi connectivity index (χ2v) is 11.9. The van der Waals surface area contributed by atoms with Gasteiger partial charge in [0.05, 0.1) is 5.69 Å². The Bertz CT molecular complexity index is 1740. The molecule has 0 bridgehead atoms. The van der Waals surface area contributed by atoms with E-state index in [0.29, 0.717) is 0 Å². The zero-order chi connectivity index (χ0) is 24.5. The van der Waals surface area contributed by atoms with Gasteiger partial charge in [0.15, 0.2) is 0 Å². The largest absolute Gasteiger partial charge is 0.455 e. The molecule has 6 aromatic rings. The van der Waals surface area contributed by atoms with Gasteiger partial charge in [-0.05, 0) is 84.3 Å². The molecule has 6 rings (SSSR count). The summed E-state index contributed by atoms with van der Waals surface area (Å²) in [6.07, 6.45) is 2.07. The van der Waals surface area contributed by atoms with Crippen LogP contribution < -0.4 is 0 Å². The van der Waals surface area contributed by atoms with Gasteiger partial charge in [-0.1, -0.05) is 51.1 Å². The third kappa shape index (κ3) is 3.49. The molecule has 0 saturated carbocycles. The average molecular weight is 476 g/mol. The molecule has 0 amide bonds. The van der Waals surface area contributed by atoms with Crippen LogP contribution >= 0.6 is 11.3 Å². The number of thiophene rings is 1. The number of hydrogen-bond donors (Lipinski definition) is 0. The topological polar surface area (TPSA) is 26.0 Å². The first-order valence-electron chi connectivity index (χ1n) is 12.1. The molecule has 0 aliphatic heterocycles. The predicted octanol–water partition coefficient (Wildman–Crippen LogP) is 9.75. The number of rotatable bonds is 2. The third-order valence-corrected chi connectivity index (χ3v) is 8.04. The standard InChI is InChI=1S/C32H29NOS/c1-18-9-7-10-19(2)29(18)24-16-27(33-17-26(24)32(4,5)6)23-12-8-11-21-22-13-14-28-25(15-20(3)35-28)31(22)34-30(21)23/h7-17H,1-6H3. The lowest BCUT2D eigenvalue weighted by atomic mass is 9.80. The number of fused-ring (bicyclic) bond motifs is 5. The van der Waals surface area contributed by atoms with E-state index in [2.05, 4.69) is 108 Å². The van der Waals surface area contributed by atoms with E-state index in [0.717, 1.165) is 33.2 Å². The van der Waals surface area contributed by atoms with E-state index in [1.54, 1.807) is 0 Å². The van der Waals surface area contributed by atoms with Crippen LogP contribution in [-0.4, -0.2) is 4.98 Å². The molecule has 0 N–H and O–H groups in total. The molecule has 0 spiro atoms. The molecule has 0 radical (unpaired) electrons. The van der Waals surface area contributed by atoms with E-state index in [4.69, 9.17) is 9.40 Å². The van der Waals surface area contributed by atoms with Crippen molar-refractivity contribution < 1.29 is 4.42 Å². The molecule has 35 heavy (non-hydrogen) atoms. The maximum atomic E-state index is 6.62. The molecule has 3 heterocycles.